The van der Waals surface area contributed by atoms with Crippen LogP contribution in [-0.4, -0.2) is 38.6 Å². The van der Waals surface area contributed by atoms with E-state index in [0.717, 1.165) is 5.56 Å². The first-order chi connectivity index (χ1) is 9.25. The van der Waals surface area contributed by atoms with Crippen molar-refractivity contribution in [1.82, 2.24) is 0 Å². The van der Waals surface area contributed by atoms with E-state index >= 15 is 0 Å². The summed E-state index contributed by atoms with van der Waals surface area (Å²) in [5, 5.41) is -0.109. The Kier molecular flexibility index (Phi) is 4.12. The maximum Gasteiger partial charge on any atom is 0.152 e. The van der Waals surface area contributed by atoms with Gasteiger partial charge in [-0.15, -0.1) is 0 Å². The van der Waals surface area contributed by atoms with Crippen molar-refractivity contribution in [2.45, 2.75) is 11.2 Å². The number of sulfone groups is 1. The number of ether oxygens (including phenoxy) is 1. The highest BCUT2D eigenvalue weighted by atomic mass is 35.5. The van der Waals surface area contributed by atoms with Crippen LogP contribution in [0.4, 0.5) is 0 Å². The minimum absolute atomic E-state index is 0.166. The van der Waals surface area contributed by atoms with Gasteiger partial charge in [-0.05, 0) is 17.7 Å². The average Bonchev–Trinajstić information content (AvgIpc) is 3.00. The highest BCUT2D eigenvalue weighted by Gasteiger charge is 2.71. The van der Waals surface area contributed by atoms with E-state index in [1.54, 1.807) is 18.2 Å². The molecule has 2 N–H and O–H groups in total. The molecule has 7 heteroatoms. The van der Waals surface area contributed by atoms with Crippen LogP contribution in [0.3, 0.4) is 0 Å². The second-order valence-electron chi connectivity index (χ2n) is 5.12. The molecule has 0 amide bonds. The van der Waals surface area contributed by atoms with E-state index in [1.165, 1.54) is 13.4 Å². The highest BCUT2D eigenvalue weighted by molar-refractivity contribution is 7.92. The largest absolute Gasteiger partial charge is 0.393 e. The minimum atomic E-state index is -3.31. The molecule has 20 heavy (non-hydrogen) atoms. The third kappa shape index (κ3) is 2.45. The zero-order valence-corrected chi connectivity index (χ0v) is 13.6. The molecule has 0 aliphatic heterocycles. The van der Waals surface area contributed by atoms with Crippen LogP contribution in [-0.2, 0) is 14.6 Å². The molecular formula is C13H16ClNO3S2. The molecule has 1 saturated carbocycles. The van der Waals surface area contributed by atoms with Crippen molar-refractivity contribution in [3.63, 3.8) is 0 Å². The molecule has 110 valence electrons. The van der Waals surface area contributed by atoms with Crippen molar-refractivity contribution in [3.05, 3.63) is 34.9 Å². The zero-order valence-electron chi connectivity index (χ0n) is 11.2. The van der Waals surface area contributed by atoms with Crippen LogP contribution in [0.2, 0.25) is 5.02 Å². The summed E-state index contributed by atoms with van der Waals surface area (Å²) in [6, 6.07) is 7.11. The maximum atomic E-state index is 12.1. The van der Waals surface area contributed by atoms with E-state index in [2.05, 4.69) is 0 Å². The number of hydrogen-bond acceptors (Lipinski definition) is 4. The van der Waals surface area contributed by atoms with Crippen molar-refractivity contribution in [1.29, 1.82) is 0 Å². The molecular weight excluding hydrogens is 318 g/mol. The second-order valence-corrected chi connectivity index (χ2v) is 8.16. The average molecular weight is 334 g/mol. The smallest absolute Gasteiger partial charge is 0.152 e. The van der Waals surface area contributed by atoms with Gasteiger partial charge in [-0.25, -0.2) is 8.42 Å². The predicted molar refractivity (Wildman–Crippen MR) is 83.9 cm³/mol. The first-order valence-electron chi connectivity index (χ1n) is 5.98. The highest BCUT2D eigenvalue weighted by Crippen LogP contribution is 2.63. The van der Waals surface area contributed by atoms with Crippen LogP contribution in [0.1, 0.15) is 11.5 Å². The van der Waals surface area contributed by atoms with Gasteiger partial charge in [0.2, 0.25) is 0 Å². The van der Waals surface area contributed by atoms with E-state index in [9.17, 15) is 8.42 Å². The molecule has 0 unspecified atom stereocenters. The molecule has 1 aliphatic carbocycles. The molecule has 0 aromatic heterocycles. The molecule has 1 aromatic rings. The first-order valence-corrected chi connectivity index (χ1v) is 8.72. The number of halogens is 1. The Bertz CT molecular complexity index is 647. The molecule has 0 heterocycles. The van der Waals surface area contributed by atoms with Gasteiger partial charge in [0.25, 0.3) is 0 Å². The number of benzene rings is 1. The predicted octanol–water partition coefficient (Wildman–Crippen LogP) is 1.77. The number of thiocarbonyl (C=S) groups is 1. The number of nitrogens with two attached hydrogens (primary N) is 1. The van der Waals surface area contributed by atoms with Crippen molar-refractivity contribution >= 4 is 38.6 Å². The van der Waals surface area contributed by atoms with E-state index in [4.69, 9.17) is 34.3 Å². The standard InChI is InChI=1S/C13H16ClNO3S2/c1-18-7-13(12(15)19)10(11(13)20(2,16)17)8-4-3-5-9(14)6-8/h3-6,10-11H,7H2,1-2H3,(H2,15,19)/t10-,11+,13+/m1/s1. The van der Waals surface area contributed by atoms with Crippen LogP contribution in [0.5, 0.6) is 0 Å². The lowest BCUT2D eigenvalue weighted by atomic mass is 10.00. The third-order valence-corrected chi connectivity index (χ3v) is 6.00. The fourth-order valence-corrected chi connectivity index (χ4v) is 5.49. The lowest BCUT2D eigenvalue weighted by molar-refractivity contribution is 0.166. The van der Waals surface area contributed by atoms with Gasteiger partial charge >= 0.3 is 0 Å². The SMILES string of the molecule is COC[C@]1(C(N)=S)[C@H](c2cccc(Cl)c2)[C@@H]1S(C)(=O)=O. The Balaban J connectivity index is 2.53. The monoisotopic (exact) mass is 333 g/mol. The van der Waals surface area contributed by atoms with Gasteiger partial charge in [-0.2, -0.15) is 0 Å². The van der Waals surface area contributed by atoms with Crippen LogP contribution in [0.25, 0.3) is 0 Å². The summed E-state index contributed by atoms with van der Waals surface area (Å²) in [5.74, 6) is -0.311. The normalized spacial score (nSPS) is 29.1. The van der Waals surface area contributed by atoms with E-state index in [1.807, 2.05) is 6.07 Å². The van der Waals surface area contributed by atoms with Crippen LogP contribution in [0, 0.1) is 5.41 Å². The van der Waals surface area contributed by atoms with Gasteiger partial charge in [-0.3, -0.25) is 0 Å². The first kappa shape index (κ1) is 15.7. The van der Waals surface area contributed by atoms with Gasteiger partial charge in [-0.1, -0.05) is 36.0 Å². The fourth-order valence-electron chi connectivity index (χ4n) is 2.98. The number of rotatable bonds is 5. The van der Waals surface area contributed by atoms with E-state index in [-0.39, 0.29) is 17.5 Å². The van der Waals surface area contributed by atoms with Crippen LogP contribution >= 0.6 is 23.8 Å². The molecule has 0 spiro atoms. The van der Waals surface area contributed by atoms with Gasteiger partial charge in [0.05, 0.1) is 22.3 Å². The molecule has 4 nitrogen and oxygen atoms in total. The molecule has 0 saturated heterocycles. The molecule has 3 atom stereocenters. The van der Waals surface area contributed by atoms with Gasteiger partial charge < -0.3 is 10.5 Å². The Morgan fingerprint density at radius 1 is 1.55 bits per heavy atom. The topological polar surface area (TPSA) is 69.4 Å². The summed E-state index contributed by atoms with van der Waals surface area (Å²) in [6.07, 6.45) is 1.20. The Morgan fingerprint density at radius 3 is 2.65 bits per heavy atom. The second kappa shape index (κ2) is 5.26. The summed E-state index contributed by atoms with van der Waals surface area (Å²) in [7, 11) is -1.80. The van der Waals surface area contributed by atoms with Crippen molar-refractivity contribution in [3.8, 4) is 0 Å². The lowest BCUT2D eigenvalue weighted by Crippen LogP contribution is -2.32. The third-order valence-electron chi connectivity index (χ3n) is 3.77. The van der Waals surface area contributed by atoms with Crippen LogP contribution in [0.15, 0.2) is 24.3 Å². The molecule has 2 rings (SSSR count). The molecule has 0 bridgehead atoms. The van der Waals surface area contributed by atoms with Crippen molar-refractivity contribution in [2.75, 3.05) is 20.0 Å². The number of hydrogen-bond donors (Lipinski definition) is 1. The lowest BCUT2D eigenvalue weighted by Gasteiger charge is -2.15. The minimum Gasteiger partial charge on any atom is -0.393 e. The molecule has 1 aliphatic rings. The van der Waals surface area contributed by atoms with E-state index in [0.29, 0.717) is 5.02 Å². The number of methoxy groups -OCH3 is 1. The zero-order chi connectivity index (χ0) is 15.1. The van der Waals surface area contributed by atoms with Crippen LogP contribution < -0.4 is 5.73 Å². The van der Waals surface area contributed by atoms with Gasteiger partial charge in [0, 0.05) is 24.3 Å². The molecule has 1 aromatic carbocycles. The van der Waals surface area contributed by atoms with Gasteiger partial charge in [0.1, 0.15) is 0 Å². The Labute approximate surface area is 129 Å². The summed E-state index contributed by atoms with van der Waals surface area (Å²) >= 11 is 11.1. The van der Waals surface area contributed by atoms with Gasteiger partial charge in [0.15, 0.2) is 9.84 Å². The Morgan fingerprint density at radius 2 is 2.20 bits per heavy atom. The van der Waals surface area contributed by atoms with Crippen molar-refractivity contribution in [2.24, 2.45) is 11.1 Å². The maximum absolute atomic E-state index is 12.1. The molecule has 0 radical (unpaired) electrons. The summed E-state index contributed by atoms with van der Waals surface area (Å²) in [5.41, 5.74) is 5.80. The summed E-state index contributed by atoms with van der Waals surface area (Å²) in [6.45, 7) is 0.178. The summed E-state index contributed by atoms with van der Waals surface area (Å²) < 4.78 is 29.3. The van der Waals surface area contributed by atoms with E-state index < -0.39 is 20.5 Å². The Hall–Kier alpha value is -0.690. The summed E-state index contributed by atoms with van der Waals surface area (Å²) in [4.78, 5) is 0.166. The van der Waals surface area contributed by atoms with Crippen molar-refractivity contribution < 1.29 is 13.2 Å². The quantitative estimate of drug-likeness (QED) is 0.832. The fraction of sp³-hybridized carbons (Fsp3) is 0.462. The molecule has 1 fully saturated rings.